The first-order valence-corrected chi connectivity index (χ1v) is 5.48. The van der Waals surface area contributed by atoms with E-state index in [1.807, 2.05) is 39.0 Å². The summed E-state index contributed by atoms with van der Waals surface area (Å²) >= 11 is 3.32. The maximum Gasteiger partial charge on any atom is 0.121 e. The molecule has 0 N–H and O–H groups in total. The molecule has 0 saturated heterocycles. The van der Waals surface area contributed by atoms with Crippen molar-refractivity contribution >= 4 is 15.9 Å². The molecule has 0 aromatic heterocycles. The number of rotatable bonds is 2. The summed E-state index contributed by atoms with van der Waals surface area (Å²) in [6.07, 6.45) is -0.498. The first-order chi connectivity index (χ1) is 6.65. The first kappa shape index (κ1) is 13.6. The molecule has 0 aliphatic heterocycles. The fourth-order valence-electron chi connectivity index (χ4n) is 1.10. The Morgan fingerprint density at radius 3 is 2.43 bits per heavy atom. The fourth-order valence-corrected chi connectivity index (χ4v) is 1.48. The van der Waals surface area contributed by atoms with Gasteiger partial charge in [0, 0.05) is 4.47 Å². The predicted molar refractivity (Wildman–Crippen MR) is 60.8 cm³/mol. The number of aryl methyl sites for hydroxylation is 1. The summed E-state index contributed by atoms with van der Waals surface area (Å²) < 4.78 is 12.8. The SMILES string of the molecule is CC.Cc1ccc(Br)cc1C(C)OF. The molecule has 0 aliphatic rings. The summed E-state index contributed by atoms with van der Waals surface area (Å²) in [7, 11) is 0. The molecule has 1 rings (SSSR count). The Hall–Kier alpha value is -0.410. The van der Waals surface area contributed by atoms with E-state index in [0.717, 1.165) is 15.6 Å². The minimum atomic E-state index is -0.498. The van der Waals surface area contributed by atoms with Crippen molar-refractivity contribution in [2.75, 3.05) is 0 Å². The van der Waals surface area contributed by atoms with E-state index in [-0.39, 0.29) is 0 Å². The normalized spacial score (nSPS) is 11.6. The van der Waals surface area contributed by atoms with E-state index >= 15 is 0 Å². The van der Waals surface area contributed by atoms with E-state index in [2.05, 4.69) is 20.9 Å². The lowest BCUT2D eigenvalue weighted by atomic mass is 10.1. The predicted octanol–water partition coefficient (Wildman–Crippen LogP) is 4.75. The van der Waals surface area contributed by atoms with Crippen molar-refractivity contribution in [1.29, 1.82) is 0 Å². The highest BCUT2D eigenvalue weighted by Gasteiger charge is 2.09. The van der Waals surface area contributed by atoms with Crippen molar-refractivity contribution in [2.24, 2.45) is 0 Å². The van der Waals surface area contributed by atoms with Crippen LogP contribution in [0.25, 0.3) is 0 Å². The topological polar surface area (TPSA) is 9.23 Å². The maximum atomic E-state index is 11.9. The molecule has 1 atom stereocenters. The van der Waals surface area contributed by atoms with Gasteiger partial charge in [0.1, 0.15) is 6.10 Å². The van der Waals surface area contributed by atoms with Crippen molar-refractivity contribution in [1.82, 2.24) is 0 Å². The van der Waals surface area contributed by atoms with Gasteiger partial charge in [0.2, 0.25) is 0 Å². The van der Waals surface area contributed by atoms with Gasteiger partial charge in [0.25, 0.3) is 0 Å². The Morgan fingerprint density at radius 2 is 1.93 bits per heavy atom. The van der Waals surface area contributed by atoms with E-state index in [1.54, 1.807) is 6.92 Å². The first-order valence-electron chi connectivity index (χ1n) is 4.68. The van der Waals surface area contributed by atoms with Crippen LogP contribution in [0.4, 0.5) is 4.53 Å². The second kappa shape index (κ2) is 6.96. The number of hydrogen-bond donors (Lipinski definition) is 0. The van der Waals surface area contributed by atoms with Gasteiger partial charge in [-0.15, -0.1) is 0 Å². The highest BCUT2D eigenvalue weighted by Crippen LogP contribution is 2.24. The van der Waals surface area contributed by atoms with Gasteiger partial charge in [-0.3, -0.25) is 0 Å². The molecule has 0 radical (unpaired) electrons. The quantitative estimate of drug-likeness (QED) is 0.748. The van der Waals surface area contributed by atoms with Gasteiger partial charge in [-0.25, -0.2) is 0 Å². The fraction of sp³-hybridized carbons (Fsp3) is 0.455. The van der Waals surface area contributed by atoms with Gasteiger partial charge in [-0.2, -0.15) is 4.94 Å². The minimum Gasteiger partial charge on any atom is -0.186 e. The standard InChI is InChI=1S/C9H10BrFO.C2H6/c1-6-3-4-8(10)5-9(6)7(2)12-11;1-2/h3-5,7H,1-2H3;1-2H3. The highest BCUT2D eigenvalue weighted by molar-refractivity contribution is 9.10. The Kier molecular flexibility index (Phi) is 6.75. The van der Waals surface area contributed by atoms with Gasteiger partial charge in [-0.1, -0.05) is 35.8 Å². The number of halogens is 2. The second-order valence-electron chi connectivity index (χ2n) is 2.73. The molecule has 1 aromatic rings. The summed E-state index contributed by atoms with van der Waals surface area (Å²) in [6.45, 7) is 7.60. The van der Waals surface area contributed by atoms with E-state index in [9.17, 15) is 4.53 Å². The molecule has 1 unspecified atom stereocenters. The van der Waals surface area contributed by atoms with Crippen molar-refractivity contribution < 1.29 is 9.47 Å². The molecule has 14 heavy (non-hydrogen) atoms. The van der Waals surface area contributed by atoms with Crippen LogP contribution in [0.3, 0.4) is 0 Å². The lowest BCUT2D eigenvalue weighted by molar-refractivity contribution is -0.175. The van der Waals surface area contributed by atoms with Crippen molar-refractivity contribution in [3.8, 4) is 0 Å². The van der Waals surface area contributed by atoms with Gasteiger partial charge >= 0.3 is 0 Å². The van der Waals surface area contributed by atoms with Gasteiger partial charge in [-0.05, 0) is 41.6 Å². The van der Waals surface area contributed by atoms with Gasteiger partial charge < -0.3 is 0 Å². The van der Waals surface area contributed by atoms with Crippen molar-refractivity contribution in [3.63, 3.8) is 0 Å². The minimum absolute atomic E-state index is 0.498. The average Bonchev–Trinajstić information content (AvgIpc) is 2.23. The molecular formula is C11H16BrFO. The smallest absolute Gasteiger partial charge is 0.121 e. The maximum absolute atomic E-state index is 11.9. The summed E-state index contributed by atoms with van der Waals surface area (Å²) in [5, 5.41) is 0. The summed E-state index contributed by atoms with van der Waals surface area (Å²) in [5.74, 6) is 0. The molecule has 1 nitrogen and oxygen atoms in total. The largest absolute Gasteiger partial charge is 0.186 e. The number of benzene rings is 1. The van der Waals surface area contributed by atoms with E-state index < -0.39 is 6.10 Å². The Balaban J connectivity index is 0.000000791. The molecule has 0 spiro atoms. The third kappa shape index (κ3) is 3.76. The molecule has 0 fully saturated rings. The van der Waals surface area contributed by atoms with Crippen LogP contribution in [-0.2, 0) is 4.94 Å². The summed E-state index contributed by atoms with van der Waals surface area (Å²) in [6, 6.07) is 5.71. The lowest BCUT2D eigenvalue weighted by Crippen LogP contribution is -1.96. The van der Waals surface area contributed by atoms with Crippen LogP contribution in [0.5, 0.6) is 0 Å². The Labute approximate surface area is 93.3 Å². The van der Waals surface area contributed by atoms with Crippen LogP contribution in [0, 0.1) is 6.92 Å². The third-order valence-electron chi connectivity index (χ3n) is 1.81. The molecular weight excluding hydrogens is 247 g/mol. The molecule has 1 aromatic carbocycles. The van der Waals surface area contributed by atoms with E-state index in [1.165, 1.54) is 0 Å². The zero-order valence-corrected chi connectivity index (χ0v) is 10.6. The summed E-state index contributed by atoms with van der Waals surface area (Å²) in [5.41, 5.74) is 1.90. The van der Waals surface area contributed by atoms with Crippen molar-refractivity contribution in [3.05, 3.63) is 33.8 Å². The molecule has 0 amide bonds. The van der Waals surface area contributed by atoms with Crippen LogP contribution in [0.1, 0.15) is 38.0 Å². The van der Waals surface area contributed by atoms with Gasteiger partial charge in [0.05, 0.1) is 0 Å². The van der Waals surface area contributed by atoms with Gasteiger partial charge in [0.15, 0.2) is 0 Å². The van der Waals surface area contributed by atoms with Crippen molar-refractivity contribution in [2.45, 2.75) is 33.8 Å². The molecule has 80 valence electrons. The average molecular weight is 263 g/mol. The molecule has 0 bridgehead atoms. The second-order valence-corrected chi connectivity index (χ2v) is 3.65. The highest BCUT2D eigenvalue weighted by atomic mass is 79.9. The van der Waals surface area contributed by atoms with Crippen LogP contribution in [0.2, 0.25) is 0 Å². The zero-order chi connectivity index (χ0) is 11.1. The Morgan fingerprint density at radius 1 is 1.36 bits per heavy atom. The van der Waals surface area contributed by atoms with Crippen LogP contribution in [-0.4, -0.2) is 0 Å². The van der Waals surface area contributed by atoms with Crippen LogP contribution in [0.15, 0.2) is 22.7 Å². The third-order valence-corrected chi connectivity index (χ3v) is 2.31. The number of hydrogen-bond acceptors (Lipinski definition) is 1. The molecule has 3 heteroatoms. The Bertz CT molecular complexity index is 276. The molecule has 0 heterocycles. The molecule has 0 saturated carbocycles. The lowest BCUT2D eigenvalue weighted by Gasteiger charge is -2.09. The van der Waals surface area contributed by atoms with Crippen LogP contribution < -0.4 is 0 Å². The zero-order valence-electron chi connectivity index (χ0n) is 8.97. The molecule has 0 aliphatic carbocycles. The monoisotopic (exact) mass is 262 g/mol. The van der Waals surface area contributed by atoms with E-state index in [0.29, 0.717) is 0 Å². The summed E-state index contributed by atoms with van der Waals surface area (Å²) in [4.78, 5) is 3.75. The van der Waals surface area contributed by atoms with Crippen LogP contribution >= 0.6 is 15.9 Å². The van der Waals surface area contributed by atoms with E-state index in [4.69, 9.17) is 0 Å².